The predicted molar refractivity (Wildman–Crippen MR) is 81.3 cm³/mol. The highest BCUT2D eigenvalue weighted by molar-refractivity contribution is 5.28. The molecule has 0 aliphatic carbocycles. The van der Waals surface area contributed by atoms with Gasteiger partial charge in [-0.15, -0.1) is 0 Å². The average Bonchev–Trinajstić information content (AvgIpc) is 2.28. The van der Waals surface area contributed by atoms with Crippen molar-refractivity contribution in [1.29, 1.82) is 0 Å². The Labute approximate surface area is 113 Å². The van der Waals surface area contributed by atoms with Crippen LogP contribution in [-0.4, -0.2) is 13.6 Å². The first-order chi connectivity index (χ1) is 8.36. The molecule has 1 N–H and O–H groups in total. The summed E-state index contributed by atoms with van der Waals surface area (Å²) >= 11 is 0. The second kappa shape index (κ2) is 6.38. The fourth-order valence-corrected chi connectivity index (χ4v) is 2.50. The molecule has 0 saturated heterocycles. The molecule has 1 unspecified atom stereocenters. The highest BCUT2D eigenvalue weighted by Crippen LogP contribution is 2.37. The van der Waals surface area contributed by atoms with Crippen molar-refractivity contribution >= 4 is 0 Å². The molecule has 0 aromatic heterocycles. The molecule has 0 spiro atoms. The molecule has 1 atom stereocenters. The van der Waals surface area contributed by atoms with Gasteiger partial charge in [0, 0.05) is 0 Å². The molecule has 1 aromatic carbocycles. The fourth-order valence-electron chi connectivity index (χ4n) is 2.50. The van der Waals surface area contributed by atoms with E-state index in [1.807, 2.05) is 7.05 Å². The lowest BCUT2D eigenvalue weighted by Gasteiger charge is -2.31. The normalized spacial score (nSPS) is 13.9. The standard InChI is InChI=1S/C17H29N/c1-13(2)14-7-9-15(10-8-14)16(11-12-18-6)17(3,4)5/h7-10,13,16,18H,11-12H2,1-6H3. The first kappa shape index (κ1) is 15.2. The second-order valence-electron chi connectivity index (χ2n) is 6.63. The van der Waals surface area contributed by atoms with Gasteiger partial charge in [-0.05, 0) is 48.4 Å². The van der Waals surface area contributed by atoms with Crippen LogP contribution in [0.15, 0.2) is 24.3 Å². The lowest BCUT2D eigenvalue weighted by molar-refractivity contribution is 0.303. The van der Waals surface area contributed by atoms with E-state index in [-0.39, 0.29) is 0 Å². The molecule has 0 aliphatic rings. The SMILES string of the molecule is CNCCC(c1ccc(C(C)C)cc1)C(C)(C)C. The van der Waals surface area contributed by atoms with Crippen LogP contribution < -0.4 is 5.32 Å². The third-order valence-electron chi connectivity index (χ3n) is 3.73. The minimum atomic E-state index is 0.316. The number of hydrogen-bond acceptors (Lipinski definition) is 1. The van der Waals surface area contributed by atoms with Crippen LogP contribution in [0.25, 0.3) is 0 Å². The van der Waals surface area contributed by atoms with Gasteiger partial charge in [0.1, 0.15) is 0 Å². The summed E-state index contributed by atoms with van der Waals surface area (Å²) in [7, 11) is 2.03. The Balaban J connectivity index is 2.91. The largest absolute Gasteiger partial charge is 0.320 e. The Hall–Kier alpha value is -0.820. The summed E-state index contributed by atoms with van der Waals surface area (Å²) in [6.45, 7) is 12.6. The lowest BCUT2D eigenvalue weighted by Crippen LogP contribution is -2.22. The molecule has 0 heterocycles. The van der Waals surface area contributed by atoms with E-state index in [9.17, 15) is 0 Å². The van der Waals surface area contributed by atoms with Crippen LogP contribution in [0.2, 0.25) is 0 Å². The number of nitrogens with one attached hydrogen (secondary N) is 1. The minimum absolute atomic E-state index is 0.316. The molecule has 0 radical (unpaired) electrons. The summed E-state index contributed by atoms with van der Waals surface area (Å²) in [6, 6.07) is 9.22. The monoisotopic (exact) mass is 247 g/mol. The molecule has 1 aromatic rings. The molecule has 1 rings (SSSR count). The number of rotatable bonds is 5. The van der Waals surface area contributed by atoms with Gasteiger partial charge in [0.25, 0.3) is 0 Å². The molecule has 0 aliphatic heterocycles. The Morgan fingerprint density at radius 3 is 1.89 bits per heavy atom. The summed E-state index contributed by atoms with van der Waals surface area (Å²) in [5.74, 6) is 1.23. The van der Waals surface area contributed by atoms with E-state index >= 15 is 0 Å². The Morgan fingerprint density at radius 1 is 1.00 bits per heavy atom. The van der Waals surface area contributed by atoms with Gasteiger partial charge in [-0.2, -0.15) is 0 Å². The van der Waals surface area contributed by atoms with Gasteiger partial charge in [-0.1, -0.05) is 58.9 Å². The van der Waals surface area contributed by atoms with E-state index in [0.29, 0.717) is 17.3 Å². The fraction of sp³-hybridized carbons (Fsp3) is 0.647. The van der Waals surface area contributed by atoms with Gasteiger partial charge in [-0.25, -0.2) is 0 Å². The van der Waals surface area contributed by atoms with Gasteiger partial charge in [0.05, 0.1) is 0 Å². The molecule has 0 amide bonds. The van der Waals surface area contributed by atoms with E-state index < -0.39 is 0 Å². The van der Waals surface area contributed by atoms with Crippen molar-refractivity contribution in [2.24, 2.45) is 5.41 Å². The average molecular weight is 247 g/mol. The Kier molecular flexibility index (Phi) is 5.40. The maximum Gasteiger partial charge on any atom is -0.00459 e. The van der Waals surface area contributed by atoms with E-state index in [4.69, 9.17) is 0 Å². The van der Waals surface area contributed by atoms with Crippen molar-refractivity contribution < 1.29 is 0 Å². The first-order valence-corrected chi connectivity index (χ1v) is 7.10. The molecule has 1 nitrogen and oxygen atoms in total. The Bertz CT molecular complexity index is 343. The minimum Gasteiger partial charge on any atom is -0.320 e. The summed E-state index contributed by atoms with van der Waals surface area (Å²) in [6.07, 6.45) is 1.20. The molecule has 0 fully saturated rings. The van der Waals surface area contributed by atoms with Crippen molar-refractivity contribution in [2.75, 3.05) is 13.6 Å². The van der Waals surface area contributed by atoms with E-state index in [1.165, 1.54) is 17.5 Å². The molecule has 0 bridgehead atoms. The molecular formula is C17H29N. The molecule has 1 heteroatoms. The van der Waals surface area contributed by atoms with Crippen molar-refractivity contribution in [1.82, 2.24) is 5.32 Å². The van der Waals surface area contributed by atoms with E-state index in [0.717, 1.165) is 6.54 Å². The van der Waals surface area contributed by atoms with Crippen LogP contribution in [0.5, 0.6) is 0 Å². The van der Waals surface area contributed by atoms with Crippen LogP contribution in [-0.2, 0) is 0 Å². The van der Waals surface area contributed by atoms with Gasteiger partial charge in [-0.3, -0.25) is 0 Å². The second-order valence-corrected chi connectivity index (χ2v) is 6.63. The summed E-state index contributed by atoms with van der Waals surface area (Å²) in [4.78, 5) is 0. The van der Waals surface area contributed by atoms with Crippen LogP contribution >= 0.6 is 0 Å². The molecule has 18 heavy (non-hydrogen) atoms. The first-order valence-electron chi connectivity index (χ1n) is 7.10. The molecule has 0 saturated carbocycles. The third-order valence-corrected chi connectivity index (χ3v) is 3.73. The Morgan fingerprint density at radius 2 is 1.50 bits per heavy atom. The van der Waals surface area contributed by atoms with Crippen molar-refractivity contribution in [3.63, 3.8) is 0 Å². The topological polar surface area (TPSA) is 12.0 Å². The zero-order valence-corrected chi connectivity index (χ0v) is 12.9. The van der Waals surface area contributed by atoms with Crippen LogP contribution in [0.3, 0.4) is 0 Å². The highest BCUT2D eigenvalue weighted by atomic mass is 14.8. The summed E-state index contributed by atoms with van der Waals surface area (Å²) in [5, 5.41) is 3.27. The maximum absolute atomic E-state index is 3.27. The predicted octanol–water partition coefficient (Wildman–Crippen LogP) is 4.55. The zero-order valence-electron chi connectivity index (χ0n) is 12.9. The van der Waals surface area contributed by atoms with Crippen LogP contribution in [0, 0.1) is 5.41 Å². The van der Waals surface area contributed by atoms with Crippen molar-refractivity contribution in [3.05, 3.63) is 35.4 Å². The van der Waals surface area contributed by atoms with Crippen LogP contribution in [0.1, 0.15) is 64.0 Å². The third kappa shape index (κ3) is 4.13. The van der Waals surface area contributed by atoms with Gasteiger partial charge in [0.2, 0.25) is 0 Å². The van der Waals surface area contributed by atoms with Gasteiger partial charge >= 0.3 is 0 Å². The smallest absolute Gasteiger partial charge is 0.00459 e. The lowest BCUT2D eigenvalue weighted by atomic mass is 9.74. The van der Waals surface area contributed by atoms with Crippen LogP contribution in [0.4, 0.5) is 0 Å². The molecular weight excluding hydrogens is 218 g/mol. The number of hydrogen-bond donors (Lipinski definition) is 1. The summed E-state index contributed by atoms with van der Waals surface area (Å²) < 4.78 is 0. The quantitative estimate of drug-likeness (QED) is 0.805. The maximum atomic E-state index is 3.27. The zero-order chi connectivity index (χ0) is 13.8. The summed E-state index contributed by atoms with van der Waals surface area (Å²) in [5.41, 5.74) is 3.22. The van der Waals surface area contributed by atoms with Gasteiger partial charge in [0.15, 0.2) is 0 Å². The number of benzene rings is 1. The van der Waals surface area contributed by atoms with Gasteiger partial charge < -0.3 is 5.32 Å². The van der Waals surface area contributed by atoms with E-state index in [1.54, 1.807) is 0 Å². The van der Waals surface area contributed by atoms with Crippen molar-refractivity contribution in [3.8, 4) is 0 Å². The highest BCUT2D eigenvalue weighted by Gasteiger charge is 2.25. The van der Waals surface area contributed by atoms with Crippen molar-refractivity contribution in [2.45, 2.75) is 52.9 Å². The molecule has 102 valence electrons. The van der Waals surface area contributed by atoms with E-state index in [2.05, 4.69) is 64.2 Å².